The van der Waals surface area contributed by atoms with Crippen LogP contribution in [0.2, 0.25) is 0 Å². The standard InChI is InChI=1S/C20H23NO4S/c1-15(22)18-9-10-19(26-18)20(23)21(14-17-8-5-12-24-17)11-13-25-16-6-3-2-4-7-16/h2-4,6-7,9-10,17H,5,8,11-14H2,1H3. The number of Topliss-reactive ketones (excluding diaryl/α,β-unsaturated/α-hetero) is 1. The second-order valence-corrected chi connectivity index (χ2v) is 7.35. The first-order chi connectivity index (χ1) is 12.6. The molecule has 0 saturated carbocycles. The first kappa shape index (κ1) is 18.6. The molecule has 1 amide bonds. The maximum atomic E-state index is 12.9. The van der Waals surface area contributed by atoms with Crippen LogP contribution in [0.1, 0.15) is 39.1 Å². The summed E-state index contributed by atoms with van der Waals surface area (Å²) in [5.74, 6) is 0.689. The number of benzene rings is 1. The van der Waals surface area contributed by atoms with Crippen LogP contribution in [-0.4, -0.2) is 49.0 Å². The van der Waals surface area contributed by atoms with Crippen LogP contribution in [0.15, 0.2) is 42.5 Å². The van der Waals surface area contributed by atoms with E-state index in [9.17, 15) is 9.59 Å². The van der Waals surface area contributed by atoms with Crippen molar-refractivity contribution in [3.63, 3.8) is 0 Å². The number of amides is 1. The molecule has 5 nitrogen and oxygen atoms in total. The average Bonchev–Trinajstić information content (AvgIpc) is 3.33. The van der Waals surface area contributed by atoms with Gasteiger partial charge in [0.15, 0.2) is 5.78 Å². The Hall–Kier alpha value is -2.18. The van der Waals surface area contributed by atoms with Crippen molar-refractivity contribution < 1.29 is 19.1 Å². The molecule has 6 heteroatoms. The fraction of sp³-hybridized carbons (Fsp3) is 0.400. The molecule has 0 spiro atoms. The molecule has 2 heterocycles. The second-order valence-electron chi connectivity index (χ2n) is 6.27. The third-order valence-corrected chi connectivity index (χ3v) is 5.45. The normalized spacial score (nSPS) is 16.4. The molecular formula is C20H23NO4S. The number of ketones is 1. The first-order valence-corrected chi connectivity index (χ1v) is 9.64. The van der Waals surface area contributed by atoms with Gasteiger partial charge in [-0.05, 0) is 44.0 Å². The zero-order valence-electron chi connectivity index (χ0n) is 14.8. The molecule has 26 heavy (non-hydrogen) atoms. The highest BCUT2D eigenvalue weighted by molar-refractivity contribution is 7.15. The number of thiophene rings is 1. The van der Waals surface area contributed by atoms with Crippen LogP contribution in [0.5, 0.6) is 5.75 Å². The Balaban J connectivity index is 1.65. The van der Waals surface area contributed by atoms with Crippen molar-refractivity contribution in [2.24, 2.45) is 0 Å². The lowest BCUT2D eigenvalue weighted by Crippen LogP contribution is -2.39. The molecule has 1 aliphatic rings. The van der Waals surface area contributed by atoms with E-state index in [1.165, 1.54) is 18.3 Å². The van der Waals surface area contributed by atoms with Crippen molar-refractivity contribution >= 4 is 23.0 Å². The molecule has 1 aromatic heterocycles. The van der Waals surface area contributed by atoms with Crippen LogP contribution < -0.4 is 4.74 Å². The molecule has 0 bridgehead atoms. The van der Waals surface area contributed by atoms with Gasteiger partial charge >= 0.3 is 0 Å². The lowest BCUT2D eigenvalue weighted by atomic mass is 10.2. The summed E-state index contributed by atoms with van der Waals surface area (Å²) in [6, 6.07) is 13.0. The summed E-state index contributed by atoms with van der Waals surface area (Å²) in [5, 5.41) is 0. The Morgan fingerprint density at radius 2 is 1.96 bits per heavy atom. The maximum absolute atomic E-state index is 12.9. The summed E-state index contributed by atoms with van der Waals surface area (Å²) in [6.07, 6.45) is 2.07. The number of hydrogen-bond donors (Lipinski definition) is 0. The molecule has 1 unspecified atom stereocenters. The molecule has 0 radical (unpaired) electrons. The molecule has 0 N–H and O–H groups in total. The van der Waals surface area contributed by atoms with Gasteiger partial charge in [0.05, 0.1) is 22.4 Å². The number of carbonyl (C=O) groups excluding carboxylic acids is 2. The molecule has 138 valence electrons. The monoisotopic (exact) mass is 373 g/mol. The summed E-state index contributed by atoms with van der Waals surface area (Å²) in [5.41, 5.74) is 0. The highest BCUT2D eigenvalue weighted by atomic mass is 32.1. The van der Waals surface area contributed by atoms with Crippen molar-refractivity contribution in [3.05, 3.63) is 52.2 Å². The summed E-state index contributed by atoms with van der Waals surface area (Å²) < 4.78 is 11.4. The summed E-state index contributed by atoms with van der Waals surface area (Å²) in [4.78, 5) is 27.4. The summed E-state index contributed by atoms with van der Waals surface area (Å²) in [7, 11) is 0. The fourth-order valence-corrected chi connectivity index (χ4v) is 3.77. The number of rotatable bonds is 8. The zero-order valence-corrected chi connectivity index (χ0v) is 15.7. The zero-order chi connectivity index (χ0) is 18.4. The van der Waals surface area contributed by atoms with Crippen molar-refractivity contribution in [3.8, 4) is 5.75 Å². The van der Waals surface area contributed by atoms with Gasteiger partial charge in [0.2, 0.25) is 0 Å². The third-order valence-electron chi connectivity index (χ3n) is 4.27. The SMILES string of the molecule is CC(=O)c1ccc(C(=O)N(CCOc2ccccc2)CC2CCCO2)s1. The molecular weight excluding hydrogens is 350 g/mol. The second kappa shape index (κ2) is 8.96. The van der Waals surface area contributed by atoms with E-state index in [0.29, 0.717) is 29.5 Å². The van der Waals surface area contributed by atoms with E-state index in [4.69, 9.17) is 9.47 Å². The number of para-hydroxylation sites is 1. The van der Waals surface area contributed by atoms with Gasteiger partial charge in [0, 0.05) is 13.2 Å². The van der Waals surface area contributed by atoms with Crippen molar-refractivity contribution in [1.82, 2.24) is 4.90 Å². The lowest BCUT2D eigenvalue weighted by Gasteiger charge is -2.25. The van der Waals surface area contributed by atoms with Crippen LogP contribution in [0.25, 0.3) is 0 Å². The highest BCUT2D eigenvalue weighted by Crippen LogP contribution is 2.21. The Bertz CT molecular complexity index is 737. The molecule has 1 aliphatic heterocycles. The number of carbonyl (C=O) groups is 2. The minimum Gasteiger partial charge on any atom is -0.492 e. The number of ether oxygens (including phenoxy) is 2. The lowest BCUT2D eigenvalue weighted by molar-refractivity contribution is 0.0497. The minimum atomic E-state index is -0.0744. The molecule has 3 rings (SSSR count). The van der Waals surface area contributed by atoms with Gasteiger partial charge in [-0.15, -0.1) is 11.3 Å². The van der Waals surface area contributed by atoms with Gasteiger partial charge in [-0.1, -0.05) is 18.2 Å². The Labute approximate surface area is 157 Å². The number of nitrogens with zero attached hydrogens (tertiary/aromatic N) is 1. The van der Waals surface area contributed by atoms with Crippen molar-refractivity contribution in [2.75, 3.05) is 26.3 Å². The minimum absolute atomic E-state index is 0.0212. The van der Waals surface area contributed by atoms with E-state index in [0.717, 1.165) is 25.2 Å². The summed E-state index contributed by atoms with van der Waals surface area (Å²) >= 11 is 1.24. The van der Waals surface area contributed by atoms with Gasteiger partial charge in [0.1, 0.15) is 12.4 Å². The number of hydrogen-bond acceptors (Lipinski definition) is 5. The molecule has 2 aromatic rings. The largest absolute Gasteiger partial charge is 0.492 e. The smallest absolute Gasteiger partial charge is 0.264 e. The van der Waals surface area contributed by atoms with Crippen molar-refractivity contribution in [2.45, 2.75) is 25.9 Å². The van der Waals surface area contributed by atoms with Crippen LogP contribution >= 0.6 is 11.3 Å². The van der Waals surface area contributed by atoms with Gasteiger partial charge in [-0.2, -0.15) is 0 Å². The van der Waals surface area contributed by atoms with Crippen LogP contribution in [0, 0.1) is 0 Å². The predicted molar refractivity (Wildman–Crippen MR) is 101 cm³/mol. The molecule has 1 aromatic carbocycles. The Morgan fingerprint density at radius 3 is 2.62 bits per heavy atom. The van der Waals surface area contributed by atoms with E-state index in [2.05, 4.69) is 0 Å². The summed E-state index contributed by atoms with van der Waals surface area (Å²) in [6.45, 7) is 3.69. The topological polar surface area (TPSA) is 55.8 Å². The van der Waals surface area contributed by atoms with Gasteiger partial charge < -0.3 is 14.4 Å². The molecule has 1 atom stereocenters. The average molecular weight is 373 g/mol. The van der Waals surface area contributed by atoms with E-state index in [-0.39, 0.29) is 17.8 Å². The highest BCUT2D eigenvalue weighted by Gasteiger charge is 2.24. The van der Waals surface area contributed by atoms with Crippen LogP contribution in [0.4, 0.5) is 0 Å². The molecule has 0 aliphatic carbocycles. The molecule has 1 fully saturated rings. The maximum Gasteiger partial charge on any atom is 0.264 e. The van der Waals surface area contributed by atoms with Gasteiger partial charge in [-0.25, -0.2) is 0 Å². The van der Waals surface area contributed by atoms with Crippen LogP contribution in [0.3, 0.4) is 0 Å². The molecule has 1 saturated heterocycles. The predicted octanol–water partition coefficient (Wildman–Crippen LogP) is 3.65. The van der Waals surface area contributed by atoms with E-state index < -0.39 is 0 Å². The van der Waals surface area contributed by atoms with Crippen molar-refractivity contribution in [1.29, 1.82) is 0 Å². The Kier molecular flexibility index (Phi) is 6.41. The van der Waals surface area contributed by atoms with Gasteiger partial charge in [-0.3, -0.25) is 9.59 Å². The third kappa shape index (κ3) is 4.93. The van der Waals surface area contributed by atoms with E-state index in [1.807, 2.05) is 30.3 Å². The Morgan fingerprint density at radius 1 is 1.19 bits per heavy atom. The first-order valence-electron chi connectivity index (χ1n) is 8.83. The van der Waals surface area contributed by atoms with Gasteiger partial charge in [0.25, 0.3) is 5.91 Å². The van der Waals surface area contributed by atoms with E-state index >= 15 is 0 Å². The quantitative estimate of drug-likeness (QED) is 0.663. The van der Waals surface area contributed by atoms with E-state index in [1.54, 1.807) is 17.0 Å². The fourth-order valence-electron chi connectivity index (χ4n) is 2.90. The van der Waals surface area contributed by atoms with Crippen LogP contribution in [-0.2, 0) is 4.74 Å².